The minimum absolute atomic E-state index is 0.0885. The number of aromatic nitrogens is 2. The van der Waals surface area contributed by atoms with Gasteiger partial charge in [-0.2, -0.15) is 5.10 Å². The van der Waals surface area contributed by atoms with E-state index in [0.29, 0.717) is 17.7 Å². The van der Waals surface area contributed by atoms with Crippen LogP contribution < -0.4 is 0 Å². The van der Waals surface area contributed by atoms with Crippen LogP contribution in [-0.4, -0.2) is 33.2 Å². The lowest BCUT2D eigenvalue weighted by Gasteiger charge is -2.38. The summed E-state index contributed by atoms with van der Waals surface area (Å²) < 4.78 is 1.98. The van der Waals surface area contributed by atoms with Crippen molar-refractivity contribution >= 4 is 5.91 Å². The van der Waals surface area contributed by atoms with Crippen LogP contribution in [0.15, 0.2) is 6.07 Å². The van der Waals surface area contributed by atoms with E-state index in [1.165, 1.54) is 38.5 Å². The van der Waals surface area contributed by atoms with Crippen LogP contribution in [0.25, 0.3) is 0 Å². The molecule has 23 heavy (non-hydrogen) atoms. The molecule has 1 aliphatic heterocycles. The van der Waals surface area contributed by atoms with Gasteiger partial charge in [-0.15, -0.1) is 0 Å². The number of rotatable bonds is 1. The van der Waals surface area contributed by atoms with Gasteiger partial charge in [-0.05, 0) is 65.4 Å². The number of nitrogens with zero attached hydrogens (tertiary/aromatic N) is 3. The lowest BCUT2D eigenvalue weighted by Crippen LogP contribution is -2.45. The lowest BCUT2D eigenvalue weighted by atomic mass is 9.81. The van der Waals surface area contributed by atoms with Crippen LogP contribution in [0.1, 0.15) is 81.9 Å². The summed E-state index contributed by atoms with van der Waals surface area (Å²) in [6.07, 6.45) is 8.77. The summed E-state index contributed by atoms with van der Waals surface area (Å²) in [6, 6.07) is 2.41. The van der Waals surface area contributed by atoms with Gasteiger partial charge in [0.1, 0.15) is 0 Å². The number of amides is 1. The fourth-order valence-corrected chi connectivity index (χ4v) is 4.45. The standard InChI is InChI=1S/C19H31N3O/c1-14-13-16(20-22(14)19(2,3)4)18(23)21-12-8-7-10-15-9-5-6-11-17(15)21/h13,15,17H,5-12H2,1-4H3/t15-,17-/m0/s1. The second kappa shape index (κ2) is 6.29. The normalized spacial score (nSPS) is 25.8. The van der Waals surface area contributed by atoms with Crippen molar-refractivity contribution in [2.75, 3.05) is 6.54 Å². The number of aryl methyl sites for hydroxylation is 1. The Bertz CT molecular complexity index is 570. The van der Waals surface area contributed by atoms with Gasteiger partial charge in [0.25, 0.3) is 5.91 Å². The Labute approximate surface area is 140 Å². The summed E-state index contributed by atoms with van der Waals surface area (Å²) in [7, 11) is 0. The summed E-state index contributed by atoms with van der Waals surface area (Å²) in [5.41, 5.74) is 1.61. The first-order valence-corrected chi connectivity index (χ1v) is 9.26. The minimum Gasteiger partial charge on any atom is -0.334 e. The smallest absolute Gasteiger partial charge is 0.274 e. The van der Waals surface area contributed by atoms with E-state index in [1.54, 1.807) is 0 Å². The third kappa shape index (κ3) is 3.31. The molecule has 1 aromatic rings. The van der Waals surface area contributed by atoms with E-state index in [-0.39, 0.29) is 11.4 Å². The van der Waals surface area contributed by atoms with Gasteiger partial charge in [0.05, 0.1) is 5.54 Å². The highest BCUT2D eigenvalue weighted by molar-refractivity contribution is 5.92. The molecule has 1 saturated heterocycles. The fraction of sp³-hybridized carbons (Fsp3) is 0.789. The molecular weight excluding hydrogens is 286 g/mol. The third-order valence-electron chi connectivity index (χ3n) is 5.50. The van der Waals surface area contributed by atoms with Crippen LogP contribution in [-0.2, 0) is 5.54 Å². The predicted octanol–water partition coefficient (Wildman–Crippen LogP) is 4.13. The first-order chi connectivity index (χ1) is 10.9. The van der Waals surface area contributed by atoms with E-state index >= 15 is 0 Å². The molecule has 1 aliphatic carbocycles. The average molecular weight is 317 g/mol. The second-order valence-corrected chi connectivity index (χ2v) is 8.36. The zero-order chi connectivity index (χ0) is 16.6. The molecule has 1 aromatic heterocycles. The summed E-state index contributed by atoms with van der Waals surface area (Å²) in [5, 5.41) is 4.65. The van der Waals surface area contributed by atoms with Gasteiger partial charge in [0.15, 0.2) is 5.69 Å². The van der Waals surface area contributed by atoms with Crippen molar-refractivity contribution in [2.24, 2.45) is 5.92 Å². The third-order valence-corrected chi connectivity index (χ3v) is 5.50. The summed E-state index contributed by atoms with van der Waals surface area (Å²) >= 11 is 0. The molecule has 0 N–H and O–H groups in total. The molecule has 2 heterocycles. The van der Waals surface area contributed by atoms with Gasteiger partial charge in [0.2, 0.25) is 0 Å². The molecule has 0 aromatic carbocycles. The van der Waals surface area contributed by atoms with E-state index in [1.807, 2.05) is 17.7 Å². The molecule has 0 radical (unpaired) electrons. The van der Waals surface area contributed by atoms with Crippen molar-refractivity contribution in [2.45, 2.75) is 84.2 Å². The molecule has 2 atom stereocenters. The molecule has 0 unspecified atom stereocenters. The van der Waals surface area contributed by atoms with E-state index in [4.69, 9.17) is 0 Å². The van der Waals surface area contributed by atoms with Crippen LogP contribution in [0.5, 0.6) is 0 Å². The van der Waals surface area contributed by atoms with E-state index in [9.17, 15) is 4.79 Å². The molecule has 0 spiro atoms. The zero-order valence-electron chi connectivity index (χ0n) is 15.1. The highest BCUT2D eigenvalue weighted by atomic mass is 16.2. The number of fused-ring (bicyclic) bond motifs is 1. The molecule has 3 rings (SSSR count). The van der Waals surface area contributed by atoms with E-state index < -0.39 is 0 Å². The quantitative estimate of drug-likeness (QED) is 0.781. The van der Waals surface area contributed by atoms with Gasteiger partial charge in [-0.1, -0.05) is 19.3 Å². The minimum atomic E-state index is -0.0885. The van der Waals surface area contributed by atoms with Crippen molar-refractivity contribution in [1.82, 2.24) is 14.7 Å². The highest BCUT2D eigenvalue weighted by Crippen LogP contribution is 2.35. The molecule has 0 bridgehead atoms. The summed E-state index contributed by atoms with van der Waals surface area (Å²) in [4.78, 5) is 15.3. The number of likely N-dealkylation sites (tertiary alicyclic amines) is 1. The van der Waals surface area contributed by atoms with Gasteiger partial charge in [-0.25, -0.2) is 0 Å². The Morgan fingerprint density at radius 2 is 1.78 bits per heavy atom. The lowest BCUT2D eigenvalue weighted by molar-refractivity contribution is 0.0561. The van der Waals surface area contributed by atoms with Crippen molar-refractivity contribution in [3.8, 4) is 0 Å². The van der Waals surface area contributed by atoms with Crippen LogP contribution >= 0.6 is 0 Å². The Hall–Kier alpha value is -1.32. The number of hydrogen-bond donors (Lipinski definition) is 0. The van der Waals surface area contributed by atoms with Crippen molar-refractivity contribution in [1.29, 1.82) is 0 Å². The van der Waals surface area contributed by atoms with E-state index in [2.05, 4.69) is 30.8 Å². The molecule has 4 heteroatoms. The molecular formula is C19H31N3O. The average Bonchev–Trinajstić information content (AvgIpc) is 2.77. The van der Waals surface area contributed by atoms with Crippen LogP contribution in [0.3, 0.4) is 0 Å². The van der Waals surface area contributed by atoms with Crippen molar-refractivity contribution in [3.05, 3.63) is 17.5 Å². The molecule has 2 aliphatic rings. The van der Waals surface area contributed by atoms with Crippen LogP contribution in [0.4, 0.5) is 0 Å². The topological polar surface area (TPSA) is 38.1 Å². The maximum atomic E-state index is 13.1. The SMILES string of the molecule is Cc1cc(C(=O)N2CCCC[C@@H]3CCCC[C@@H]32)nn1C(C)(C)C. The van der Waals surface area contributed by atoms with Gasteiger partial charge < -0.3 is 4.90 Å². The maximum absolute atomic E-state index is 13.1. The Morgan fingerprint density at radius 1 is 1.13 bits per heavy atom. The van der Waals surface area contributed by atoms with Crippen LogP contribution in [0, 0.1) is 12.8 Å². The molecule has 1 amide bonds. The van der Waals surface area contributed by atoms with Crippen molar-refractivity contribution < 1.29 is 4.79 Å². The molecule has 128 valence electrons. The molecule has 1 saturated carbocycles. The van der Waals surface area contributed by atoms with Gasteiger partial charge in [-0.3, -0.25) is 9.48 Å². The number of carbonyl (C=O) groups excluding carboxylic acids is 1. The predicted molar refractivity (Wildman–Crippen MR) is 92.6 cm³/mol. The Kier molecular flexibility index (Phi) is 4.52. The first kappa shape index (κ1) is 16.5. The largest absolute Gasteiger partial charge is 0.334 e. The summed E-state index contributed by atoms with van der Waals surface area (Å²) in [5.74, 6) is 0.857. The first-order valence-electron chi connectivity index (χ1n) is 9.26. The number of carbonyl (C=O) groups is 1. The Morgan fingerprint density at radius 3 is 2.43 bits per heavy atom. The van der Waals surface area contributed by atoms with Crippen LogP contribution in [0.2, 0.25) is 0 Å². The zero-order valence-corrected chi connectivity index (χ0v) is 15.1. The maximum Gasteiger partial charge on any atom is 0.274 e. The van der Waals surface area contributed by atoms with Gasteiger partial charge >= 0.3 is 0 Å². The molecule has 2 fully saturated rings. The monoisotopic (exact) mass is 317 g/mol. The van der Waals surface area contributed by atoms with Gasteiger partial charge in [0, 0.05) is 18.3 Å². The molecule has 4 nitrogen and oxygen atoms in total. The number of hydrogen-bond acceptors (Lipinski definition) is 2. The second-order valence-electron chi connectivity index (χ2n) is 8.36. The highest BCUT2D eigenvalue weighted by Gasteiger charge is 2.35. The van der Waals surface area contributed by atoms with E-state index in [0.717, 1.165) is 18.7 Å². The Balaban J connectivity index is 1.86. The fourth-order valence-electron chi connectivity index (χ4n) is 4.45. The van der Waals surface area contributed by atoms with Crippen molar-refractivity contribution in [3.63, 3.8) is 0 Å². The summed E-state index contributed by atoms with van der Waals surface area (Å²) in [6.45, 7) is 9.33.